The van der Waals surface area contributed by atoms with Crippen LogP contribution in [0.25, 0.3) is 16.6 Å². The van der Waals surface area contributed by atoms with E-state index in [0.29, 0.717) is 22.7 Å². The highest BCUT2D eigenvalue weighted by Gasteiger charge is 2.55. The molecule has 4 aromatic rings. The summed E-state index contributed by atoms with van der Waals surface area (Å²) in [5.74, 6) is -0.201. The van der Waals surface area contributed by atoms with Crippen LogP contribution in [0.3, 0.4) is 0 Å². The lowest BCUT2D eigenvalue weighted by molar-refractivity contribution is -0.260. The zero-order valence-corrected chi connectivity index (χ0v) is 18.2. The number of rotatable bonds is 6. The van der Waals surface area contributed by atoms with Gasteiger partial charge in [0.2, 0.25) is 5.60 Å². The number of nitrogens with one attached hydrogen (secondary N) is 1. The van der Waals surface area contributed by atoms with E-state index in [4.69, 9.17) is 4.74 Å². The predicted molar refractivity (Wildman–Crippen MR) is 118 cm³/mol. The third kappa shape index (κ3) is 4.76. The minimum absolute atomic E-state index is 0.201. The van der Waals surface area contributed by atoms with E-state index in [2.05, 4.69) is 10.4 Å². The topological polar surface area (TPSA) is 59.3 Å². The second kappa shape index (κ2) is 8.81. The maximum absolute atomic E-state index is 14.1. The van der Waals surface area contributed by atoms with E-state index in [-0.39, 0.29) is 11.4 Å². The molecule has 0 saturated carbocycles. The van der Waals surface area contributed by atoms with Crippen LogP contribution in [0, 0.1) is 0 Å². The molecule has 1 heterocycles. The first-order chi connectivity index (χ1) is 16.4. The Morgan fingerprint density at radius 1 is 0.914 bits per heavy atom. The Morgan fingerprint density at radius 3 is 2.26 bits per heavy atom. The number of fused-ring (bicyclic) bond motifs is 1. The number of alkyl halides is 6. The van der Waals surface area contributed by atoms with Crippen LogP contribution in [0.4, 0.5) is 32.0 Å². The van der Waals surface area contributed by atoms with E-state index in [0.717, 1.165) is 31.4 Å². The van der Waals surface area contributed by atoms with Crippen molar-refractivity contribution in [1.29, 1.82) is 0 Å². The minimum atomic E-state index is -5.14. The highest BCUT2D eigenvalue weighted by atomic mass is 19.4. The monoisotopic (exact) mass is 495 g/mol. The lowest BCUT2D eigenvalue weighted by atomic mass is 9.91. The number of aliphatic hydroxyl groups is 1. The van der Waals surface area contributed by atoms with Gasteiger partial charge in [-0.1, -0.05) is 24.3 Å². The maximum atomic E-state index is 14.1. The quantitative estimate of drug-likeness (QED) is 0.327. The molecule has 35 heavy (non-hydrogen) atoms. The summed E-state index contributed by atoms with van der Waals surface area (Å²) in [5.41, 5.74) is -4.09. The second-order valence-electron chi connectivity index (χ2n) is 7.83. The van der Waals surface area contributed by atoms with Gasteiger partial charge in [-0.15, -0.1) is 0 Å². The average Bonchev–Trinajstić information content (AvgIpc) is 3.25. The van der Waals surface area contributed by atoms with Crippen LogP contribution >= 0.6 is 0 Å². The Kier molecular flexibility index (Phi) is 6.14. The van der Waals surface area contributed by atoms with Gasteiger partial charge in [0.05, 0.1) is 36.6 Å². The summed E-state index contributed by atoms with van der Waals surface area (Å²) < 4.78 is 88.0. The van der Waals surface area contributed by atoms with Crippen molar-refractivity contribution < 1.29 is 36.2 Å². The van der Waals surface area contributed by atoms with E-state index in [1.165, 1.54) is 12.3 Å². The van der Waals surface area contributed by atoms with Crippen molar-refractivity contribution in [1.82, 2.24) is 9.78 Å². The molecule has 0 aliphatic heterocycles. The average molecular weight is 495 g/mol. The SMILES string of the molecule is COc1cc(NCC(O)(c2ccc3c(cnn3-c3ccccc3)c2)C(F)(F)F)cc(C(F)(F)F)c1. The largest absolute Gasteiger partial charge is 0.497 e. The van der Waals surface area contributed by atoms with Crippen molar-refractivity contribution in [2.75, 3.05) is 19.0 Å². The molecule has 0 radical (unpaired) electrons. The van der Waals surface area contributed by atoms with E-state index < -0.39 is 35.6 Å². The summed E-state index contributed by atoms with van der Waals surface area (Å²) in [6, 6.07) is 15.1. The number of ether oxygens (including phenoxy) is 1. The van der Waals surface area contributed by atoms with E-state index in [1.54, 1.807) is 28.9 Å². The van der Waals surface area contributed by atoms with Crippen LogP contribution in [0.15, 0.2) is 72.9 Å². The fraction of sp³-hybridized carbons (Fsp3) is 0.208. The number of nitrogens with zero attached hydrogens (tertiary/aromatic N) is 2. The highest BCUT2D eigenvalue weighted by Crippen LogP contribution is 2.41. The van der Waals surface area contributed by atoms with E-state index >= 15 is 0 Å². The Balaban J connectivity index is 1.69. The molecule has 0 amide bonds. The highest BCUT2D eigenvalue weighted by molar-refractivity contribution is 5.81. The molecule has 0 aliphatic carbocycles. The molecule has 2 N–H and O–H groups in total. The first-order valence-corrected chi connectivity index (χ1v) is 10.3. The Labute approximate surface area is 195 Å². The predicted octanol–water partition coefficient (Wildman–Crippen LogP) is 5.91. The fourth-order valence-electron chi connectivity index (χ4n) is 3.64. The van der Waals surface area contributed by atoms with Gasteiger partial charge >= 0.3 is 12.4 Å². The molecule has 4 rings (SSSR count). The molecule has 184 valence electrons. The van der Waals surface area contributed by atoms with Gasteiger partial charge < -0.3 is 15.2 Å². The maximum Gasteiger partial charge on any atom is 0.423 e. The molecule has 3 aromatic carbocycles. The van der Waals surface area contributed by atoms with Crippen molar-refractivity contribution in [3.05, 3.63) is 84.1 Å². The zero-order valence-electron chi connectivity index (χ0n) is 18.2. The fourth-order valence-corrected chi connectivity index (χ4v) is 3.64. The Morgan fingerprint density at radius 2 is 1.63 bits per heavy atom. The molecule has 1 unspecified atom stereocenters. The number of methoxy groups -OCH3 is 1. The van der Waals surface area contributed by atoms with Crippen LogP contribution in [0.5, 0.6) is 5.75 Å². The molecule has 0 spiro atoms. The zero-order chi connectivity index (χ0) is 25.4. The standard InChI is InChI=1S/C24H19F6N3O2/c1-35-20-11-17(23(25,26)27)10-18(12-20)31-14-22(34,24(28,29)30)16-7-8-21-15(9-16)13-32-33(21)19-5-3-2-4-6-19/h2-13,31,34H,14H2,1H3. The summed E-state index contributed by atoms with van der Waals surface area (Å²) in [6.45, 7) is -1.14. The number of halogens is 6. The van der Waals surface area contributed by atoms with Crippen LogP contribution in [0.2, 0.25) is 0 Å². The molecule has 11 heteroatoms. The number of anilines is 1. The molecule has 0 bridgehead atoms. The van der Waals surface area contributed by atoms with Crippen molar-refractivity contribution >= 4 is 16.6 Å². The second-order valence-corrected chi connectivity index (χ2v) is 7.83. The van der Waals surface area contributed by atoms with Gasteiger partial charge in [-0.2, -0.15) is 31.4 Å². The minimum Gasteiger partial charge on any atom is -0.497 e. The molecule has 0 fully saturated rings. The van der Waals surface area contributed by atoms with Gasteiger partial charge in [0.1, 0.15) is 5.75 Å². The summed E-state index contributed by atoms with van der Waals surface area (Å²) in [5, 5.41) is 17.6. The summed E-state index contributed by atoms with van der Waals surface area (Å²) in [4.78, 5) is 0. The first-order valence-electron chi connectivity index (χ1n) is 10.3. The first kappa shape index (κ1) is 24.4. The summed E-state index contributed by atoms with van der Waals surface area (Å²) in [7, 11) is 1.14. The van der Waals surface area contributed by atoms with Crippen molar-refractivity contribution in [2.24, 2.45) is 0 Å². The third-order valence-corrected chi connectivity index (χ3v) is 5.53. The lowest BCUT2D eigenvalue weighted by Gasteiger charge is -2.31. The van der Waals surface area contributed by atoms with E-state index in [1.807, 2.05) is 6.07 Å². The Bertz CT molecular complexity index is 1330. The molecule has 0 aliphatic rings. The third-order valence-electron chi connectivity index (χ3n) is 5.53. The summed E-state index contributed by atoms with van der Waals surface area (Å²) in [6.07, 6.45) is -8.52. The van der Waals surface area contributed by atoms with Crippen molar-refractivity contribution in [3.8, 4) is 11.4 Å². The number of aromatic nitrogens is 2. The number of hydrogen-bond acceptors (Lipinski definition) is 4. The number of hydrogen-bond donors (Lipinski definition) is 2. The van der Waals surface area contributed by atoms with Crippen molar-refractivity contribution in [3.63, 3.8) is 0 Å². The Hall–Kier alpha value is -3.73. The van der Waals surface area contributed by atoms with Gasteiger partial charge in [-0.3, -0.25) is 0 Å². The molecule has 0 saturated heterocycles. The van der Waals surface area contributed by atoms with Crippen LogP contribution < -0.4 is 10.1 Å². The molecule has 1 atom stereocenters. The van der Waals surface area contributed by atoms with Crippen LogP contribution in [-0.4, -0.2) is 34.7 Å². The molecule has 5 nitrogen and oxygen atoms in total. The van der Waals surface area contributed by atoms with Gasteiger partial charge in [0.25, 0.3) is 0 Å². The lowest BCUT2D eigenvalue weighted by Crippen LogP contribution is -2.47. The van der Waals surface area contributed by atoms with Gasteiger partial charge in [0.15, 0.2) is 0 Å². The smallest absolute Gasteiger partial charge is 0.423 e. The normalized spacial score (nSPS) is 14.1. The van der Waals surface area contributed by atoms with Gasteiger partial charge in [-0.25, -0.2) is 4.68 Å². The number of benzene rings is 3. The molecular weight excluding hydrogens is 476 g/mol. The summed E-state index contributed by atoms with van der Waals surface area (Å²) >= 11 is 0. The number of para-hydroxylation sites is 1. The molecular formula is C24H19F6N3O2. The van der Waals surface area contributed by atoms with Gasteiger partial charge in [-0.05, 0) is 42.0 Å². The van der Waals surface area contributed by atoms with Crippen LogP contribution in [-0.2, 0) is 11.8 Å². The van der Waals surface area contributed by atoms with Gasteiger partial charge in [0, 0.05) is 17.1 Å². The molecule has 1 aromatic heterocycles. The van der Waals surface area contributed by atoms with E-state index in [9.17, 15) is 31.4 Å². The van der Waals surface area contributed by atoms with Crippen molar-refractivity contribution in [2.45, 2.75) is 18.0 Å². The van der Waals surface area contributed by atoms with Crippen LogP contribution in [0.1, 0.15) is 11.1 Å².